The molecule has 0 aliphatic rings. The van der Waals surface area contributed by atoms with E-state index in [9.17, 15) is 19.5 Å². The van der Waals surface area contributed by atoms with Crippen LogP contribution in [0.5, 0.6) is 0 Å². The Bertz CT molecular complexity index is 1080. The number of carbonyl (C=O) groups excluding carboxylic acids is 3. The summed E-state index contributed by atoms with van der Waals surface area (Å²) in [6.45, 7) is 4.42. The molecule has 0 saturated heterocycles. The van der Waals surface area contributed by atoms with Crippen molar-refractivity contribution in [3.63, 3.8) is 0 Å². The maximum absolute atomic E-state index is 12.5. The minimum Gasteiger partial charge on any atom is -0.544 e. The summed E-state index contributed by atoms with van der Waals surface area (Å²) < 4.78 is 17.0. The number of carbonyl (C=O) groups is 3. The number of carboxylic acids is 1. The van der Waals surface area contributed by atoms with E-state index in [1.54, 1.807) is 21.1 Å². The Balaban J connectivity index is 4.36. The third kappa shape index (κ3) is 32.7. The predicted molar refractivity (Wildman–Crippen MR) is 212 cm³/mol. The monoisotopic (exact) mass is 728 g/mol. The maximum atomic E-state index is 12.5. The van der Waals surface area contributed by atoms with Crippen LogP contribution in [0.25, 0.3) is 0 Å². The van der Waals surface area contributed by atoms with Crippen LogP contribution >= 0.6 is 0 Å². The van der Waals surface area contributed by atoms with Gasteiger partial charge >= 0.3 is 11.9 Å². The highest BCUT2D eigenvalue weighted by Gasteiger charge is 2.25. The van der Waals surface area contributed by atoms with E-state index in [1.165, 1.54) is 25.7 Å². The van der Waals surface area contributed by atoms with E-state index in [1.807, 2.05) is 0 Å². The standard InChI is InChI=1S/C44H73NO7/c1-6-8-10-12-14-15-16-17-18-19-20-21-22-23-24-25-26-27-29-30-32-34-42(46)51-39-40(38-50-37-36-41(44(48)49)45(3,4)5)52-43(47)35-33-31-28-13-11-9-7-2/h8,10,14-15,17-18,20-21,23-24,26-27,40-41H,6-7,9,11-13,16,19,22,25,28-39H2,1-5H3/b10-8+,15-14+,18-17+,21-20+,24-23+,27-26+. The lowest BCUT2D eigenvalue weighted by atomic mass is 10.1. The van der Waals surface area contributed by atoms with Gasteiger partial charge < -0.3 is 28.6 Å². The van der Waals surface area contributed by atoms with Gasteiger partial charge in [-0.25, -0.2) is 0 Å². The number of carboxylic acid groups (broad SMARTS) is 1. The summed E-state index contributed by atoms with van der Waals surface area (Å²) in [7, 11) is 5.37. The van der Waals surface area contributed by atoms with Crippen LogP contribution in [-0.2, 0) is 28.6 Å². The summed E-state index contributed by atoms with van der Waals surface area (Å²) in [5.41, 5.74) is 0. The largest absolute Gasteiger partial charge is 0.544 e. The molecule has 0 bridgehead atoms. The summed E-state index contributed by atoms with van der Waals surface area (Å²) in [5, 5.41) is 11.6. The number of quaternary nitrogens is 1. The van der Waals surface area contributed by atoms with Gasteiger partial charge in [0.2, 0.25) is 0 Å². The highest BCUT2D eigenvalue weighted by molar-refractivity contribution is 5.70. The average molecular weight is 728 g/mol. The Morgan fingerprint density at radius 3 is 1.60 bits per heavy atom. The van der Waals surface area contributed by atoms with Crippen molar-refractivity contribution < 1.29 is 38.2 Å². The van der Waals surface area contributed by atoms with Crippen molar-refractivity contribution in [3.05, 3.63) is 72.9 Å². The number of unbranched alkanes of at least 4 members (excludes halogenated alkanes) is 8. The molecular formula is C44H73NO7. The van der Waals surface area contributed by atoms with E-state index < -0.39 is 18.1 Å². The van der Waals surface area contributed by atoms with Gasteiger partial charge in [0.15, 0.2) is 6.10 Å². The molecule has 0 radical (unpaired) electrons. The zero-order valence-corrected chi connectivity index (χ0v) is 33.4. The smallest absolute Gasteiger partial charge is 0.306 e. The number of likely N-dealkylation sites (N-methyl/N-ethyl adjacent to an activating group) is 1. The van der Waals surface area contributed by atoms with Crippen molar-refractivity contribution in [1.29, 1.82) is 0 Å². The lowest BCUT2D eigenvalue weighted by Crippen LogP contribution is -2.55. The fourth-order valence-electron chi connectivity index (χ4n) is 5.25. The molecule has 0 saturated carbocycles. The molecule has 0 aliphatic heterocycles. The van der Waals surface area contributed by atoms with Crippen LogP contribution in [0.4, 0.5) is 0 Å². The van der Waals surface area contributed by atoms with Gasteiger partial charge in [0.25, 0.3) is 0 Å². The lowest BCUT2D eigenvalue weighted by Gasteiger charge is -2.34. The first kappa shape index (κ1) is 48.8. The summed E-state index contributed by atoms with van der Waals surface area (Å²) in [6, 6.07) is -0.732. The highest BCUT2D eigenvalue weighted by atomic mass is 16.6. The number of ether oxygens (including phenoxy) is 3. The maximum Gasteiger partial charge on any atom is 0.306 e. The molecule has 0 aromatic heterocycles. The molecule has 2 atom stereocenters. The fraction of sp³-hybridized carbons (Fsp3) is 0.659. The first-order chi connectivity index (χ1) is 25.1. The second kappa shape index (κ2) is 34.8. The van der Waals surface area contributed by atoms with Crippen LogP contribution < -0.4 is 5.11 Å². The number of rotatable bonds is 34. The van der Waals surface area contributed by atoms with Crippen molar-refractivity contribution in [2.75, 3.05) is 41.0 Å². The minimum absolute atomic E-state index is 0.0234. The van der Waals surface area contributed by atoms with Crippen LogP contribution in [0.2, 0.25) is 0 Å². The average Bonchev–Trinajstić information content (AvgIpc) is 3.09. The topological polar surface area (TPSA) is 102 Å². The number of esters is 2. The Kier molecular flexibility index (Phi) is 32.7. The molecule has 0 aromatic carbocycles. The summed E-state index contributed by atoms with van der Waals surface area (Å²) in [6.07, 6.45) is 42.3. The molecule has 2 unspecified atom stereocenters. The van der Waals surface area contributed by atoms with Gasteiger partial charge in [0.05, 0.1) is 40.3 Å². The molecule has 0 aliphatic carbocycles. The van der Waals surface area contributed by atoms with Crippen molar-refractivity contribution in [3.8, 4) is 0 Å². The Labute approximate surface area is 317 Å². The molecular weight excluding hydrogens is 654 g/mol. The number of nitrogens with zero attached hydrogens (tertiary/aromatic N) is 1. The Hall–Kier alpha value is -3.23. The normalized spacial score (nSPS) is 13.8. The van der Waals surface area contributed by atoms with Gasteiger partial charge in [-0.05, 0) is 64.2 Å². The fourth-order valence-corrected chi connectivity index (χ4v) is 5.25. The molecule has 0 aromatic rings. The van der Waals surface area contributed by atoms with Gasteiger partial charge in [0.1, 0.15) is 12.6 Å². The van der Waals surface area contributed by atoms with Gasteiger partial charge in [-0.2, -0.15) is 0 Å². The first-order valence-electron chi connectivity index (χ1n) is 20.0. The van der Waals surface area contributed by atoms with E-state index in [0.29, 0.717) is 19.3 Å². The molecule has 296 valence electrons. The van der Waals surface area contributed by atoms with E-state index in [-0.39, 0.29) is 42.7 Å². The molecule has 0 spiro atoms. The first-order valence-corrected chi connectivity index (χ1v) is 20.0. The molecule has 0 N–H and O–H groups in total. The minimum atomic E-state index is -1.14. The van der Waals surface area contributed by atoms with Crippen molar-refractivity contribution in [2.24, 2.45) is 0 Å². The molecule has 8 nitrogen and oxygen atoms in total. The van der Waals surface area contributed by atoms with E-state index in [4.69, 9.17) is 14.2 Å². The van der Waals surface area contributed by atoms with Crippen LogP contribution in [0.1, 0.15) is 136 Å². The van der Waals surface area contributed by atoms with Crippen LogP contribution in [0.3, 0.4) is 0 Å². The van der Waals surface area contributed by atoms with E-state index in [2.05, 4.69) is 86.8 Å². The van der Waals surface area contributed by atoms with E-state index in [0.717, 1.165) is 70.6 Å². The Morgan fingerprint density at radius 2 is 1.08 bits per heavy atom. The van der Waals surface area contributed by atoms with E-state index >= 15 is 0 Å². The lowest BCUT2D eigenvalue weighted by molar-refractivity contribution is -0.889. The summed E-state index contributed by atoms with van der Waals surface area (Å²) >= 11 is 0. The quantitative estimate of drug-likeness (QED) is 0.0282. The van der Waals surface area contributed by atoms with Crippen LogP contribution in [-0.4, -0.2) is 75.5 Å². The number of allylic oxidation sites excluding steroid dienone is 12. The summed E-state index contributed by atoms with van der Waals surface area (Å²) in [5.74, 6) is -1.81. The number of aliphatic carboxylic acids is 1. The van der Waals surface area contributed by atoms with Crippen molar-refractivity contribution in [1.82, 2.24) is 0 Å². The number of hydrogen-bond donors (Lipinski definition) is 0. The van der Waals surface area contributed by atoms with Crippen LogP contribution in [0, 0.1) is 0 Å². The number of hydrogen-bond acceptors (Lipinski definition) is 7. The molecule has 52 heavy (non-hydrogen) atoms. The predicted octanol–water partition coefficient (Wildman–Crippen LogP) is 9.07. The van der Waals surface area contributed by atoms with Gasteiger partial charge in [-0.3, -0.25) is 9.59 Å². The zero-order chi connectivity index (χ0) is 38.5. The van der Waals surface area contributed by atoms with Gasteiger partial charge in [-0.1, -0.05) is 125 Å². The third-order valence-corrected chi connectivity index (χ3v) is 8.36. The van der Waals surface area contributed by atoms with Gasteiger partial charge in [-0.15, -0.1) is 0 Å². The zero-order valence-electron chi connectivity index (χ0n) is 33.4. The molecule has 0 amide bonds. The van der Waals surface area contributed by atoms with Crippen molar-refractivity contribution >= 4 is 17.9 Å². The second-order valence-electron chi connectivity index (χ2n) is 14.1. The SMILES string of the molecule is CC/C=C/C/C=C/C/C=C/C/C=C/C/C=C/C/C=C/CCCCC(=O)OCC(COCCC(C(=O)[O-])[N+](C)(C)C)OC(=O)CCCCCCCCC. The molecule has 0 heterocycles. The molecule has 0 fully saturated rings. The second-order valence-corrected chi connectivity index (χ2v) is 14.1. The third-order valence-electron chi connectivity index (χ3n) is 8.36. The highest BCUT2D eigenvalue weighted by Crippen LogP contribution is 2.12. The Morgan fingerprint density at radius 1 is 0.596 bits per heavy atom. The summed E-state index contributed by atoms with van der Waals surface area (Å²) in [4.78, 5) is 36.5. The van der Waals surface area contributed by atoms with Gasteiger partial charge in [0, 0.05) is 19.3 Å². The molecule has 8 heteroatoms. The van der Waals surface area contributed by atoms with Crippen molar-refractivity contribution in [2.45, 2.75) is 148 Å². The molecule has 0 rings (SSSR count). The van der Waals surface area contributed by atoms with Crippen LogP contribution in [0.15, 0.2) is 72.9 Å².